The van der Waals surface area contributed by atoms with E-state index in [-0.39, 0.29) is 0 Å². The van der Waals surface area contributed by atoms with Crippen molar-refractivity contribution in [2.75, 3.05) is 0 Å². The molecule has 0 aliphatic rings. The number of hydrogen-bond donors (Lipinski definition) is 1. The normalized spacial score (nSPS) is 11.2. The lowest BCUT2D eigenvalue weighted by atomic mass is 10.1. The zero-order valence-corrected chi connectivity index (χ0v) is 13.3. The lowest BCUT2D eigenvalue weighted by Gasteiger charge is -2.09. The van der Waals surface area contributed by atoms with Crippen LogP contribution in [0.3, 0.4) is 0 Å². The Morgan fingerprint density at radius 2 is 1.77 bits per heavy atom. The Hall–Kier alpha value is -2.13. The molecule has 0 unspecified atom stereocenters. The third-order valence-corrected chi connectivity index (χ3v) is 4.32. The Morgan fingerprint density at radius 1 is 1.05 bits per heavy atom. The summed E-state index contributed by atoms with van der Waals surface area (Å²) in [4.78, 5) is 4.70. The van der Waals surface area contributed by atoms with E-state index in [0.717, 1.165) is 30.7 Å². The van der Waals surface area contributed by atoms with Crippen LogP contribution in [0.2, 0.25) is 0 Å². The fourth-order valence-electron chi connectivity index (χ4n) is 2.92. The molecule has 3 heteroatoms. The molecule has 0 saturated carbocycles. The number of benzene rings is 2. The molecule has 0 spiro atoms. The average Bonchev–Trinajstić information content (AvgIpc) is 2.86. The number of nitrogens with zero attached hydrogens (tertiary/aromatic N) is 2. The van der Waals surface area contributed by atoms with Gasteiger partial charge < -0.3 is 10.3 Å². The number of nitrogens with two attached hydrogens (primary N) is 1. The minimum absolute atomic E-state index is 0.484. The number of aromatic nitrogens is 2. The van der Waals surface area contributed by atoms with Crippen molar-refractivity contribution in [1.82, 2.24) is 9.55 Å². The van der Waals surface area contributed by atoms with Crippen molar-refractivity contribution in [3.05, 3.63) is 65.0 Å². The third kappa shape index (κ3) is 2.90. The van der Waals surface area contributed by atoms with E-state index in [1.54, 1.807) is 0 Å². The highest BCUT2D eigenvalue weighted by molar-refractivity contribution is 5.78. The van der Waals surface area contributed by atoms with Gasteiger partial charge in [0, 0.05) is 6.54 Å². The molecule has 0 aliphatic heterocycles. The van der Waals surface area contributed by atoms with Crippen LogP contribution in [0.5, 0.6) is 0 Å². The van der Waals surface area contributed by atoms with E-state index < -0.39 is 0 Å². The highest BCUT2D eigenvalue weighted by atomic mass is 15.1. The van der Waals surface area contributed by atoms with Crippen LogP contribution in [-0.4, -0.2) is 9.55 Å². The van der Waals surface area contributed by atoms with Crippen LogP contribution >= 0.6 is 0 Å². The highest BCUT2D eigenvalue weighted by Crippen LogP contribution is 2.21. The lowest BCUT2D eigenvalue weighted by molar-refractivity contribution is 0.626. The maximum Gasteiger partial charge on any atom is 0.123 e. The first-order chi connectivity index (χ1) is 10.7. The van der Waals surface area contributed by atoms with E-state index in [1.807, 2.05) is 0 Å². The number of rotatable bonds is 5. The first-order valence-corrected chi connectivity index (χ1v) is 7.89. The largest absolute Gasteiger partial charge is 0.327 e. The summed E-state index contributed by atoms with van der Waals surface area (Å²) in [6.07, 6.45) is 2.17. The molecular weight excluding hydrogens is 270 g/mol. The lowest BCUT2D eigenvalue weighted by Crippen LogP contribution is -2.09. The van der Waals surface area contributed by atoms with Crippen molar-refractivity contribution in [3.63, 3.8) is 0 Å². The van der Waals surface area contributed by atoms with Gasteiger partial charge in [-0.1, -0.05) is 30.3 Å². The molecule has 2 N–H and O–H groups in total. The fraction of sp³-hybridized carbons (Fsp3) is 0.316. The van der Waals surface area contributed by atoms with Crippen molar-refractivity contribution in [1.29, 1.82) is 0 Å². The molecule has 0 amide bonds. The molecule has 0 aliphatic carbocycles. The van der Waals surface area contributed by atoms with Gasteiger partial charge in [-0.05, 0) is 55.5 Å². The summed E-state index contributed by atoms with van der Waals surface area (Å²) in [7, 11) is 0. The van der Waals surface area contributed by atoms with Crippen molar-refractivity contribution in [2.45, 2.75) is 39.8 Å². The smallest absolute Gasteiger partial charge is 0.123 e. The molecule has 0 bridgehead atoms. The molecule has 0 atom stereocenters. The molecule has 1 aromatic heterocycles. The van der Waals surface area contributed by atoms with Gasteiger partial charge in [-0.2, -0.15) is 0 Å². The van der Waals surface area contributed by atoms with Gasteiger partial charge in [0.15, 0.2) is 0 Å². The summed E-state index contributed by atoms with van der Waals surface area (Å²) in [6.45, 7) is 5.72. The SMILES string of the molecule is Cc1cc2nc(CN)n(CCCc3ccccc3)c2cc1C. The van der Waals surface area contributed by atoms with E-state index in [9.17, 15) is 0 Å². The van der Waals surface area contributed by atoms with Gasteiger partial charge in [-0.15, -0.1) is 0 Å². The number of fused-ring (bicyclic) bond motifs is 1. The maximum absolute atomic E-state index is 5.89. The van der Waals surface area contributed by atoms with Gasteiger partial charge >= 0.3 is 0 Å². The first-order valence-electron chi connectivity index (χ1n) is 7.89. The molecule has 3 rings (SSSR count). The van der Waals surface area contributed by atoms with Crippen LogP contribution < -0.4 is 5.73 Å². The van der Waals surface area contributed by atoms with E-state index >= 15 is 0 Å². The van der Waals surface area contributed by atoms with E-state index in [0.29, 0.717) is 6.54 Å². The van der Waals surface area contributed by atoms with Crippen LogP contribution in [0, 0.1) is 13.8 Å². The fourth-order valence-corrected chi connectivity index (χ4v) is 2.92. The molecule has 3 nitrogen and oxygen atoms in total. The van der Waals surface area contributed by atoms with Crippen LogP contribution in [-0.2, 0) is 19.5 Å². The summed E-state index contributed by atoms with van der Waals surface area (Å²) in [6, 6.07) is 15.0. The van der Waals surface area contributed by atoms with Crippen molar-refractivity contribution >= 4 is 11.0 Å². The van der Waals surface area contributed by atoms with Crippen LogP contribution in [0.4, 0.5) is 0 Å². The van der Waals surface area contributed by atoms with Gasteiger partial charge in [-0.3, -0.25) is 0 Å². The number of aryl methyl sites for hydroxylation is 4. The van der Waals surface area contributed by atoms with Crippen molar-refractivity contribution in [2.24, 2.45) is 5.73 Å². The predicted octanol–water partition coefficient (Wildman–Crippen LogP) is 3.74. The highest BCUT2D eigenvalue weighted by Gasteiger charge is 2.10. The molecule has 3 aromatic rings. The monoisotopic (exact) mass is 293 g/mol. The second-order valence-corrected chi connectivity index (χ2v) is 5.90. The van der Waals surface area contributed by atoms with Crippen molar-refractivity contribution < 1.29 is 0 Å². The quantitative estimate of drug-likeness (QED) is 0.778. The maximum atomic E-state index is 5.89. The Kier molecular flexibility index (Phi) is 4.25. The van der Waals surface area contributed by atoms with E-state index in [2.05, 4.69) is 60.9 Å². The zero-order chi connectivity index (χ0) is 15.5. The van der Waals surface area contributed by atoms with Gasteiger partial charge in [0.05, 0.1) is 17.6 Å². The molecule has 0 fully saturated rings. The Bertz CT molecular complexity index is 772. The summed E-state index contributed by atoms with van der Waals surface area (Å²) in [5, 5.41) is 0. The zero-order valence-electron chi connectivity index (χ0n) is 13.3. The molecule has 1 heterocycles. The van der Waals surface area contributed by atoms with Gasteiger partial charge in [0.25, 0.3) is 0 Å². The molecular formula is C19H23N3. The van der Waals surface area contributed by atoms with Gasteiger partial charge in [-0.25, -0.2) is 4.98 Å². The molecule has 0 saturated heterocycles. The van der Waals surface area contributed by atoms with Gasteiger partial charge in [0.1, 0.15) is 5.82 Å². The molecule has 22 heavy (non-hydrogen) atoms. The standard InChI is InChI=1S/C19H23N3/c1-14-11-17-18(12-15(14)2)22(19(13-20)21-17)10-6-9-16-7-4-3-5-8-16/h3-5,7-8,11-12H,6,9-10,13,20H2,1-2H3. The average molecular weight is 293 g/mol. The summed E-state index contributed by atoms with van der Waals surface area (Å²) in [5.74, 6) is 0.980. The Morgan fingerprint density at radius 3 is 2.50 bits per heavy atom. The molecule has 114 valence electrons. The van der Waals surface area contributed by atoms with Gasteiger partial charge in [0.2, 0.25) is 0 Å². The Labute approximate surface area is 131 Å². The van der Waals surface area contributed by atoms with Crippen LogP contribution in [0.15, 0.2) is 42.5 Å². The summed E-state index contributed by atoms with van der Waals surface area (Å²) < 4.78 is 2.28. The number of hydrogen-bond acceptors (Lipinski definition) is 2. The second kappa shape index (κ2) is 6.32. The predicted molar refractivity (Wildman–Crippen MR) is 91.9 cm³/mol. The van der Waals surface area contributed by atoms with E-state index in [4.69, 9.17) is 10.7 Å². The summed E-state index contributed by atoms with van der Waals surface area (Å²) >= 11 is 0. The minimum Gasteiger partial charge on any atom is -0.327 e. The second-order valence-electron chi connectivity index (χ2n) is 5.90. The van der Waals surface area contributed by atoms with E-state index in [1.165, 1.54) is 22.2 Å². The third-order valence-electron chi connectivity index (χ3n) is 4.32. The Balaban J connectivity index is 1.84. The minimum atomic E-state index is 0.484. The topological polar surface area (TPSA) is 43.8 Å². The summed E-state index contributed by atoms with van der Waals surface area (Å²) in [5.41, 5.74) is 12.1. The van der Waals surface area contributed by atoms with Crippen LogP contribution in [0.1, 0.15) is 28.9 Å². The molecule has 0 radical (unpaired) electrons. The molecule has 2 aromatic carbocycles. The van der Waals surface area contributed by atoms with Crippen molar-refractivity contribution in [3.8, 4) is 0 Å². The van der Waals surface area contributed by atoms with Crippen LogP contribution in [0.25, 0.3) is 11.0 Å². The first kappa shape index (κ1) is 14.8. The number of imidazole rings is 1.